The molecule has 4 nitrogen and oxygen atoms in total. The molecule has 1 atom stereocenters. The van der Waals surface area contributed by atoms with Crippen LogP contribution in [-0.4, -0.2) is 37.5 Å². The molecule has 1 N–H and O–H groups in total. The Hall–Kier alpha value is -0.450. The van der Waals surface area contributed by atoms with Gasteiger partial charge < -0.3 is 14.6 Å². The van der Waals surface area contributed by atoms with Crippen molar-refractivity contribution < 1.29 is 19.4 Å². The summed E-state index contributed by atoms with van der Waals surface area (Å²) in [4.78, 5) is 11.4. The normalized spacial score (nSPS) is 13.1. The van der Waals surface area contributed by atoms with Crippen LogP contribution in [0.25, 0.3) is 0 Å². The molecule has 0 aliphatic heterocycles. The predicted molar refractivity (Wildman–Crippen MR) is 57.6 cm³/mol. The molecule has 0 aromatic rings. The Morgan fingerprint density at radius 2 is 1.87 bits per heavy atom. The molecule has 0 saturated carbocycles. The van der Waals surface area contributed by atoms with Gasteiger partial charge in [0.05, 0.1) is 0 Å². The van der Waals surface area contributed by atoms with Crippen LogP contribution in [-0.2, 0) is 14.3 Å². The lowest BCUT2D eigenvalue weighted by atomic mass is 10.1. The van der Waals surface area contributed by atoms with E-state index >= 15 is 0 Å². The average Bonchev–Trinajstić information content (AvgIpc) is 2.20. The smallest absolute Gasteiger partial charge is 0.183 e. The maximum absolute atomic E-state index is 11.4. The lowest BCUT2D eigenvalue weighted by Gasteiger charge is -2.19. The van der Waals surface area contributed by atoms with Crippen LogP contribution in [0, 0.1) is 0 Å². The van der Waals surface area contributed by atoms with Crippen molar-refractivity contribution in [1.29, 1.82) is 0 Å². The van der Waals surface area contributed by atoms with Crippen LogP contribution >= 0.6 is 0 Å². The number of unbranched alkanes of at least 4 members (excludes halogenated alkanes) is 2. The summed E-state index contributed by atoms with van der Waals surface area (Å²) in [6, 6.07) is 0. The van der Waals surface area contributed by atoms with Crippen molar-refractivity contribution in [3.8, 4) is 0 Å². The van der Waals surface area contributed by atoms with Crippen molar-refractivity contribution >= 4 is 5.78 Å². The summed E-state index contributed by atoms with van der Waals surface area (Å²) in [5.74, 6) is 0.0649. The summed E-state index contributed by atoms with van der Waals surface area (Å²) in [6.45, 7) is 2.09. The van der Waals surface area contributed by atoms with Crippen LogP contribution in [0.3, 0.4) is 0 Å². The second-order valence-electron chi connectivity index (χ2n) is 3.61. The molecular weight excluding hydrogens is 196 g/mol. The average molecular weight is 218 g/mol. The molecule has 0 aromatic heterocycles. The molecule has 1 unspecified atom stereocenters. The first-order valence-corrected chi connectivity index (χ1v) is 5.41. The highest BCUT2D eigenvalue weighted by Gasteiger charge is 2.20. The SMILES string of the molecule is CCCCCC(=O)CC(O)C(OC)OC. The molecular formula is C11H22O4. The predicted octanol–water partition coefficient (Wildman–Crippen LogP) is 1.51. The minimum atomic E-state index is -0.867. The van der Waals surface area contributed by atoms with E-state index in [0.717, 1.165) is 19.3 Å². The van der Waals surface area contributed by atoms with E-state index in [1.54, 1.807) is 0 Å². The molecule has 0 saturated heterocycles. The number of ether oxygens (including phenoxy) is 2. The molecule has 0 spiro atoms. The summed E-state index contributed by atoms with van der Waals surface area (Å²) in [5.41, 5.74) is 0. The van der Waals surface area contributed by atoms with Crippen molar-refractivity contribution in [3.05, 3.63) is 0 Å². The molecule has 0 radical (unpaired) electrons. The third-order valence-electron chi connectivity index (χ3n) is 2.27. The summed E-state index contributed by atoms with van der Waals surface area (Å²) in [6.07, 6.45) is 2.11. The minimum Gasteiger partial charge on any atom is -0.387 e. The summed E-state index contributed by atoms with van der Waals surface area (Å²) in [7, 11) is 2.89. The van der Waals surface area contributed by atoms with Gasteiger partial charge in [0, 0.05) is 27.1 Å². The number of hydrogen-bond donors (Lipinski definition) is 1. The molecule has 0 aliphatic carbocycles. The number of aliphatic hydroxyl groups is 1. The highest BCUT2D eigenvalue weighted by atomic mass is 16.7. The zero-order chi connectivity index (χ0) is 11.7. The van der Waals surface area contributed by atoms with E-state index < -0.39 is 12.4 Å². The van der Waals surface area contributed by atoms with Gasteiger partial charge in [0.15, 0.2) is 6.29 Å². The fraction of sp³-hybridized carbons (Fsp3) is 0.909. The summed E-state index contributed by atoms with van der Waals surface area (Å²) >= 11 is 0. The number of hydrogen-bond acceptors (Lipinski definition) is 4. The fourth-order valence-corrected chi connectivity index (χ4v) is 1.41. The molecule has 0 bridgehead atoms. The Labute approximate surface area is 91.6 Å². The van der Waals surface area contributed by atoms with Gasteiger partial charge in [-0.3, -0.25) is 4.79 Å². The number of Topliss-reactive ketones (excluding diaryl/α,β-unsaturated/α-hetero) is 1. The molecule has 90 valence electrons. The first kappa shape index (κ1) is 14.6. The monoisotopic (exact) mass is 218 g/mol. The Morgan fingerprint density at radius 1 is 1.27 bits per heavy atom. The summed E-state index contributed by atoms with van der Waals surface area (Å²) in [5, 5.41) is 9.57. The minimum absolute atomic E-state index is 0.0649. The van der Waals surface area contributed by atoms with Gasteiger partial charge in [0.2, 0.25) is 0 Å². The topological polar surface area (TPSA) is 55.8 Å². The third-order valence-corrected chi connectivity index (χ3v) is 2.27. The molecule has 15 heavy (non-hydrogen) atoms. The van der Waals surface area contributed by atoms with Gasteiger partial charge in [-0.15, -0.1) is 0 Å². The van der Waals surface area contributed by atoms with Crippen molar-refractivity contribution in [2.24, 2.45) is 0 Å². The first-order chi connectivity index (χ1) is 7.15. The molecule has 0 rings (SSSR count). The van der Waals surface area contributed by atoms with Crippen molar-refractivity contribution in [2.45, 2.75) is 51.4 Å². The number of rotatable bonds is 9. The Morgan fingerprint density at radius 3 is 2.33 bits per heavy atom. The highest BCUT2D eigenvalue weighted by Crippen LogP contribution is 2.08. The van der Waals surface area contributed by atoms with Crippen LogP contribution in [0.1, 0.15) is 39.0 Å². The maximum Gasteiger partial charge on any atom is 0.183 e. The third kappa shape index (κ3) is 6.60. The van der Waals surface area contributed by atoms with Gasteiger partial charge in [-0.25, -0.2) is 0 Å². The van der Waals surface area contributed by atoms with E-state index in [-0.39, 0.29) is 12.2 Å². The second-order valence-corrected chi connectivity index (χ2v) is 3.61. The summed E-state index contributed by atoms with van der Waals surface area (Å²) < 4.78 is 9.73. The number of ketones is 1. The highest BCUT2D eigenvalue weighted by molar-refractivity contribution is 5.78. The Balaban J connectivity index is 3.74. The van der Waals surface area contributed by atoms with Gasteiger partial charge in [0.1, 0.15) is 11.9 Å². The van der Waals surface area contributed by atoms with Gasteiger partial charge in [0.25, 0.3) is 0 Å². The molecule has 0 fully saturated rings. The lowest BCUT2D eigenvalue weighted by Crippen LogP contribution is -2.31. The van der Waals surface area contributed by atoms with E-state index in [1.807, 2.05) is 0 Å². The van der Waals surface area contributed by atoms with Gasteiger partial charge in [-0.05, 0) is 6.42 Å². The van der Waals surface area contributed by atoms with Crippen molar-refractivity contribution in [1.82, 2.24) is 0 Å². The molecule has 4 heteroatoms. The Kier molecular flexibility index (Phi) is 8.56. The van der Waals surface area contributed by atoms with E-state index in [9.17, 15) is 9.90 Å². The van der Waals surface area contributed by atoms with Gasteiger partial charge in [-0.2, -0.15) is 0 Å². The zero-order valence-corrected chi connectivity index (χ0v) is 9.86. The van der Waals surface area contributed by atoms with Crippen LogP contribution in [0.5, 0.6) is 0 Å². The molecule has 0 amide bonds. The van der Waals surface area contributed by atoms with Crippen molar-refractivity contribution in [2.75, 3.05) is 14.2 Å². The van der Waals surface area contributed by atoms with Crippen LogP contribution < -0.4 is 0 Å². The molecule has 0 aromatic carbocycles. The number of methoxy groups -OCH3 is 2. The number of carbonyl (C=O) groups excluding carboxylic acids is 1. The second kappa shape index (κ2) is 8.83. The van der Waals surface area contributed by atoms with E-state index in [1.165, 1.54) is 14.2 Å². The maximum atomic E-state index is 11.4. The fourth-order valence-electron chi connectivity index (χ4n) is 1.41. The van der Waals surface area contributed by atoms with Crippen molar-refractivity contribution in [3.63, 3.8) is 0 Å². The first-order valence-electron chi connectivity index (χ1n) is 5.41. The van der Waals surface area contributed by atoms with Crippen LogP contribution in [0.4, 0.5) is 0 Å². The van der Waals surface area contributed by atoms with E-state index in [4.69, 9.17) is 9.47 Å². The van der Waals surface area contributed by atoms with E-state index in [2.05, 4.69) is 6.92 Å². The quantitative estimate of drug-likeness (QED) is 0.471. The molecule has 0 aliphatic rings. The zero-order valence-electron chi connectivity index (χ0n) is 9.86. The van der Waals surface area contributed by atoms with Crippen LogP contribution in [0.2, 0.25) is 0 Å². The lowest BCUT2D eigenvalue weighted by molar-refractivity contribution is -0.168. The van der Waals surface area contributed by atoms with Crippen LogP contribution in [0.15, 0.2) is 0 Å². The van der Waals surface area contributed by atoms with Gasteiger partial charge >= 0.3 is 0 Å². The Bertz CT molecular complexity index is 166. The van der Waals surface area contributed by atoms with Gasteiger partial charge in [-0.1, -0.05) is 19.8 Å². The number of carbonyl (C=O) groups is 1. The number of aliphatic hydroxyl groups excluding tert-OH is 1. The van der Waals surface area contributed by atoms with E-state index in [0.29, 0.717) is 6.42 Å². The largest absolute Gasteiger partial charge is 0.387 e. The standard InChI is InChI=1S/C11H22O4/c1-4-5-6-7-9(12)8-10(13)11(14-2)15-3/h10-11,13H,4-8H2,1-3H3. The molecule has 0 heterocycles.